The lowest BCUT2D eigenvalue weighted by Gasteiger charge is -1.99. The van der Waals surface area contributed by atoms with E-state index in [1.807, 2.05) is 31.3 Å². The van der Waals surface area contributed by atoms with Gasteiger partial charge in [0.25, 0.3) is 0 Å². The van der Waals surface area contributed by atoms with Gasteiger partial charge in [-0.05, 0) is 37.7 Å². The Morgan fingerprint density at radius 3 is 2.93 bits per heavy atom. The van der Waals surface area contributed by atoms with Crippen LogP contribution in [-0.2, 0) is 0 Å². The fourth-order valence-corrected chi connectivity index (χ4v) is 1.23. The molecule has 0 amide bonds. The molecule has 0 fully saturated rings. The summed E-state index contributed by atoms with van der Waals surface area (Å²) in [6.45, 7) is 0.986. The summed E-state index contributed by atoms with van der Waals surface area (Å²) in [4.78, 5) is 0. The summed E-state index contributed by atoms with van der Waals surface area (Å²) < 4.78 is 0. The quantitative estimate of drug-likeness (QED) is 0.592. The third-order valence-electron chi connectivity index (χ3n) is 1.89. The average Bonchev–Trinajstić information content (AvgIpc) is 2.18. The van der Waals surface area contributed by atoms with Gasteiger partial charge in [0.2, 0.25) is 0 Å². The van der Waals surface area contributed by atoms with E-state index >= 15 is 0 Å². The van der Waals surface area contributed by atoms with Crippen LogP contribution < -0.4 is 11.1 Å². The van der Waals surface area contributed by atoms with Gasteiger partial charge in [-0.15, -0.1) is 0 Å². The van der Waals surface area contributed by atoms with E-state index in [1.165, 1.54) is 0 Å². The van der Waals surface area contributed by atoms with Crippen molar-refractivity contribution in [2.45, 2.75) is 6.42 Å². The van der Waals surface area contributed by atoms with Crippen LogP contribution in [0.25, 0.3) is 6.08 Å². The van der Waals surface area contributed by atoms with Crippen LogP contribution in [0.4, 0.5) is 5.69 Å². The predicted octanol–water partition coefficient (Wildman–Crippen LogP) is 2.54. The van der Waals surface area contributed by atoms with E-state index in [-0.39, 0.29) is 0 Å². The molecule has 1 aromatic carbocycles. The van der Waals surface area contributed by atoms with Crippen LogP contribution in [-0.4, -0.2) is 13.6 Å². The van der Waals surface area contributed by atoms with Crippen LogP contribution in [0.5, 0.6) is 0 Å². The molecule has 0 radical (unpaired) electrons. The van der Waals surface area contributed by atoms with Gasteiger partial charge in [0.1, 0.15) is 0 Å². The number of rotatable bonds is 4. The smallest absolute Gasteiger partial charge is 0.0635 e. The summed E-state index contributed by atoms with van der Waals surface area (Å²) in [5.41, 5.74) is 7.39. The first-order chi connectivity index (χ1) is 6.74. The Kier molecular flexibility index (Phi) is 4.50. The summed E-state index contributed by atoms with van der Waals surface area (Å²) in [5, 5.41) is 3.69. The number of nitrogens with two attached hydrogens (primary N) is 1. The molecule has 0 saturated heterocycles. The molecule has 3 heteroatoms. The minimum Gasteiger partial charge on any atom is -0.398 e. The molecule has 0 heterocycles. The maximum absolute atomic E-state index is 5.81. The first-order valence-electron chi connectivity index (χ1n) is 4.60. The van der Waals surface area contributed by atoms with E-state index in [0.717, 1.165) is 18.5 Å². The molecule has 3 N–H and O–H groups in total. The molecular weight excluding hydrogens is 196 g/mol. The molecule has 0 saturated carbocycles. The highest BCUT2D eigenvalue weighted by molar-refractivity contribution is 6.33. The fraction of sp³-hybridized carbons (Fsp3) is 0.273. The third kappa shape index (κ3) is 3.40. The molecule has 0 aromatic heterocycles. The number of halogens is 1. The van der Waals surface area contributed by atoms with Gasteiger partial charge in [-0.3, -0.25) is 0 Å². The molecular formula is C11H15ClN2. The second kappa shape index (κ2) is 5.68. The number of nitrogen functional groups attached to an aromatic ring is 1. The van der Waals surface area contributed by atoms with Crippen LogP contribution in [0.3, 0.4) is 0 Å². The van der Waals surface area contributed by atoms with Gasteiger partial charge in [-0.1, -0.05) is 29.8 Å². The summed E-state index contributed by atoms with van der Waals surface area (Å²) in [5.74, 6) is 0. The molecule has 0 unspecified atom stereocenters. The van der Waals surface area contributed by atoms with Crippen molar-refractivity contribution < 1.29 is 0 Å². The van der Waals surface area contributed by atoms with Crippen LogP contribution in [0.15, 0.2) is 24.3 Å². The van der Waals surface area contributed by atoms with Crippen LogP contribution in [0.1, 0.15) is 12.0 Å². The van der Waals surface area contributed by atoms with E-state index in [9.17, 15) is 0 Å². The summed E-state index contributed by atoms with van der Waals surface area (Å²) in [7, 11) is 1.94. The van der Waals surface area contributed by atoms with Gasteiger partial charge in [0.05, 0.1) is 10.7 Å². The zero-order valence-corrected chi connectivity index (χ0v) is 9.01. The van der Waals surface area contributed by atoms with Crippen molar-refractivity contribution in [3.63, 3.8) is 0 Å². The maximum atomic E-state index is 5.81. The number of benzene rings is 1. The molecule has 14 heavy (non-hydrogen) atoms. The summed E-state index contributed by atoms with van der Waals surface area (Å²) in [6.07, 6.45) is 5.17. The Morgan fingerprint density at radius 2 is 2.29 bits per heavy atom. The molecule has 0 aliphatic rings. The molecule has 76 valence electrons. The topological polar surface area (TPSA) is 38.0 Å². The number of nitrogens with one attached hydrogen (secondary N) is 1. The van der Waals surface area contributed by atoms with E-state index in [2.05, 4.69) is 11.4 Å². The molecule has 0 bridgehead atoms. The largest absolute Gasteiger partial charge is 0.398 e. The minimum atomic E-state index is 0.609. The van der Waals surface area contributed by atoms with Crippen LogP contribution in [0, 0.1) is 0 Å². The Labute approximate surface area is 89.8 Å². The average molecular weight is 211 g/mol. The molecule has 0 aliphatic carbocycles. The first kappa shape index (κ1) is 11.1. The highest BCUT2D eigenvalue weighted by Gasteiger charge is 1.94. The SMILES string of the molecule is CNCCC=Cc1ccc(Cl)c(N)c1. The second-order valence-corrected chi connectivity index (χ2v) is 3.48. The van der Waals surface area contributed by atoms with Gasteiger partial charge < -0.3 is 11.1 Å². The minimum absolute atomic E-state index is 0.609. The number of anilines is 1. The molecule has 1 rings (SSSR count). The van der Waals surface area contributed by atoms with Crippen molar-refractivity contribution in [3.8, 4) is 0 Å². The number of hydrogen-bond acceptors (Lipinski definition) is 2. The molecule has 1 aromatic rings. The Hall–Kier alpha value is -0.990. The fourth-order valence-electron chi connectivity index (χ4n) is 1.11. The van der Waals surface area contributed by atoms with E-state index in [0.29, 0.717) is 10.7 Å². The Morgan fingerprint density at radius 1 is 1.50 bits per heavy atom. The van der Waals surface area contributed by atoms with Crippen molar-refractivity contribution >= 4 is 23.4 Å². The predicted molar refractivity (Wildman–Crippen MR) is 63.4 cm³/mol. The van der Waals surface area contributed by atoms with Crippen LogP contribution in [0.2, 0.25) is 5.02 Å². The lowest BCUT2D eigenvalue weighted by Crippen LogP contribution is -2.05. The second-order valence-electron chi connectivity index (χ2n) is 3.08. The Bertz CT molecular complexity index is 321. The molecule has 0 spiro atoms. The van der Waals surface area contributed by atoms with Crippen molar-refractivity contribution in [1.82, 2.24) is 5.32 Å². The van der Waals surface area contributed by atoms with Gasteiger partial charge in [-0.25, -0.2) is 0 Å². The van der Waals surface area contributed by atoms with Crippen molar-refractivity contribution in [3.05, 3.63) is 34.9 Å². The maximum Gasteiger partial charge on any atom is 0.0635 e. The Balaban J connectivity index is 2.59. The van der Waals surface area contributed by atoms with Crippen molar-refractivity contribution in [2.75, 3.05) is 19.3 Å². The highest BCUT2D eigenvalue weighted by atomic mass is 35.5. The lowest BCUT2D eigenvalue weighted by molar-refractivity contribution is 0.809. The highest BCUT2D eigenvalue weighted by Crippen LogP contribution is 2.20. The zero-order chi connectivity index (χ0) is 10.4. The molecule has 2 nitrogen and oxygen atoms in total. The van der Waals surface area contributed by atoms with E-state index in [4.69, 9.17) is 17.3 Å². The first-order valence-corrected chi connectivity index (χ1v) is 4.98. The van der Waals surface area contributed by atoms with Gasteiger partial charge >= 0.3 is 0 Å². The molecule has 0 aliphatic heterocycles. The van der Waals surface area contributed by atoms with E-state index < -0.39 is 0 Å². The number of hydrogen-bond donors (Lipinski definition) is 2. The standard InChI is InChI=1S/C11H15ClN2/c1-14-7-3-2-4-9-5-6-10(12)11(13)8-9/h2,4-6,8,14H,3,7,13H2,1H3. The van der Waals surface area contributed by atoms with Gasteiger partial charge in [-0.2, -0.15) is 0 Å². The summed E-state index contributed by atoms with van der Waals surface area (Å²) in [6, 6.07) is 5.64. The van der Waals surface area contributed by atoms with E-state index in [1.54, 1.807) is 0 Å². The summed E-state index contributed by atoms with van der Waals surface area (Å²) >= 11 is 5.81. The zero-order valence-electron chi connectivity index (χ0n) is 8.26. The van der Waals surface area contributed by atoms with Crippen LogP contribution >= 0.6 is 11.6 Å². The monoisotopic (exact) mass is 210 g/mol. The van der Waals surface area contributed by atoms with Gasteiger partial charge in [0, 0.05) is 0 Å². The van der Waals surface area contributed by atoms with Crippen molar-refractivity contribution in [1.29, 1.82) is 0 Å². The normalized spacial score (nSPS) is 11.0. The lowest BCUT2D eigenvalue weighted by atomic mass is 10.2. The van der Waals surface area contributed by atoms with Gasteiger partial charge in [0.15, 0.2) is 0 Å². The molecule has 0 atom stereocenters. The van der Waals surface area contributed by atoms with Crippen molar-refractivity contribution in [2.24, 2.45) is 0 Å². The third-order valence-corrected chi connectivity index (χ3v) is 2.24.